The number of hydrazone groups is 1. The number of benzene rings is 2. The van der Waals surface area contributed by atoms with E-state index in [1.165, 1.54) is 24.4 Å². The van der Waals surface area contributed by atoms with Crippen molar-refractivity contribution < 1.29 is 13.2 Å². The number of rotatable bonds is 6. The van der Waals surface area contributed by atoms with Gasteiger partial charge in [0.25, 0.3) is 15.9 Å². The first-order valence-corrected chi connectivity index (χ1v) is 10.3. The van der Waals surface area contributed by atoms with Gasteiger partial charge in [-0.15, -0.1) is 11.3 Å². The van der Waals surface area contributed by atoms with Crippen LogP contribution in [-0.4, -0.2) is 20.5 Å². The highest BCUT2D eigenvalue weighted by Crippen LogP contribution is 2.22. The van der Waals surface area contributed by atoms with Crippen LogP contribution in [0.2, 0.25) is 0 Å². The molecule has 0 saturated carbocycles. The lowest BCUT2D eigenvalue weighted by Gasteiger charge is -2.10. The molecule has 140 valence electrons. The van der Waals surface area contributed by atoms with Gasteiger partial charge in [0.2, 0.25) is 0 Å². The molecule has 1 aromatic heterocycles. The van der Waals surface area contributed by atoms with Crippen LogP contribution < -0.4 is 10.1 Å². The summed E-state index contributed by atoms with van der Waals surface area (Å²) >= 11 is 1.08. The van der Waals surface area contributed by atoms with Crippen LogP contribution >= 0.6 is 11.3 Å². The van der Waals surface area contributed by atoms with Crippen molar-refractivity contribution in [2.75, 3.05) is 4.72 Å². The zero-order chi connectivity index (χ0) is 20.0. The Balaban J connectivity index is 1.74. The highest BCUT2D eigenvalue weighted by molar-refractivity contribution is 7.94. The Hall–Kier alpha value is -3.48. The molecule has 0 saturated heterocycles. The Morgan fingerprint density at radius 1 is 1.07 bits per heavy atom. The summed E-state index contributed by atoms with van der Waals surface area (Å²) in [6.07, 6.45) is 1.43. The molecule has 7 nitrogen and oxygen atoms in total. The van der Waals surface area contributed by atoms with Gasteiger partial charge in [-0.25, -0.2) is 13.8 Å². The number of nitrogens with one attached hydrogen (secondary N) is 2. The number of carbonyl (C=O) groups excluding carboxylic acids is 1. The van der Waals surface area contributed by atoms with E-state index in [1.54, 1.807) is 47.8 Å². The molecule has 3 aromatic rings. The second-order valence-corrected chi connectivity index (χ2v) is 8.37. The third-order valence-electron chi connectivity index (χ3n) is 3.60. The average molecular weight is 410 g/mol. The monoisotopic (exact) mass is 410 g/mol. The minimum atomic E-state index is -3.77. The number of sulfonamides is 1. The van der Waals surface area contributed by atoms with E-state index in [2.05, 4.69) is 15.2 Å². The SMILES string of the molecule is N#Cc1ccc(C=NNC(=O)c2ccccc2NS(=O)(=O)c2cccs2)cc1. The van der Waals surface area contributed by atoms with Crippen LogP contribution in [0.25, 0.3) is 0 Å². The van der Waals surface area contributed by atoms with E-state index in [9.17, 15) is 13.2 Å². The smallest absolute Gasteiger partial charge is 0.273 e. The van der Waals surface area contributed by atoms with Crippen LogP contribution in [0.4, 0.5) is 5.69 Å². The highest BCUT2D eigenvalue weighted by atomic mass is 32.2. The van der Waals surface area contributed by atoms with Crippen LogP contribution in [0.3, 0.4) is 0 Å². The largest absolute Gasteiger partial charge is 0.278 e. The number of hydrogen-bond donors (Lipinski definition) is 2. The number of para-hydroxylation sites is 1. The minimum Gasteiger partial charge on any atom is -0.278 e. The summed E-state index contributed by atoms with van der Waals surface area (Å²) in [6, 6.07) is 18.0. The van der Waals surface area contributed by atoms with Gasteiger partial charge in [0.05, 0.1) is 29.1 Å². The summed E-state index contributed by atoms with van der Waals surface area (Å²) in [6.45, 7) is 0. The number of anilines is 1. The number of nitriles is 1. The molecule has 0 unspecified atom stereocenters. The molecule has 0 aliphatic carbocycles. The van der Waals surface area contributed by atoms with Gasteiger partial charge >= 0.3 is 0 Å². The van der Waals surface area contributed by atoms with Gasteiger partial charge in [0.15, 0.2) is 0 Å². The Bertz CT molecular complexity index is 1150. The number of nitrogens with zero attached hydrogens (tertiary/aromatic N) is 2. The van der Waals surface area contributed by atoms with Gasteiger partial charge < -0.3 is 0 Å². The average Bonchev–Trinajstić information content (AvgIpc) is 3.24. The molecule has 0 fully saturated rings. The molecule has 0 aliphatic heterocycles. The molecule has 28 heavy (non-hydrogen) atoms. The number of carbonyl (C=O) groups is 1. The van der Waals surface area contributed by atoms with E-state index in [1.807, 2.05) is 6.07 Å². The predicted octanol–water partition coefficient (Wildman–Crippen LogP) is 3.18. The van der Waals surface area contributed by atoms with E-state index >= 15 is 0 Å². The molecule has 0 atom stereocenters. The third-order valence-corrected chi connectivity index (χ3v) is 6.36. The van der Waals surface area contributed by atoms with Gasteiger partial charge in [-0.2, -0.15) is 10.4 Å². The minimum absolute atomic E-state index is 0.139. The molecule has 0 spiro atoms. The number of amides is 1. The lowest BCUT2D eigenvalue weighted by atomic mass is 10.2. The van der Waals surface area contributed by atoms with Crippen LogP contribution in [0.5, 0.6) is 0 Å². The van der Waals surface area contributed by atoms with Crippen molar-refractivity contribution >= 4 is 39.2 Å². The summed E-state index contributed by atoms with van der Waals surface area (Å²) in [7, 11) is -3.77. The first kappa shape index (κ1) is 19.3. The van der Waals surface area contributed by atoms with Gasteiger partial charge in [0, 0.05) is 0 Å². The van der Waals surface area contributed by atoms with E-state index in [0.717, 1.165) is 11.3 Å². The molecule has 9 heteroatoms. The predicted molar refractivity (Wildman–Crippen MR) is 108 cm³/mol. The standard InChI is InChI=1S/C19H14N4O3S2/c20-12-14-7-9-15(10-8-14)13-21-22-19(24)16-4-1-2-5-17(16)23-28(25,26)18-6-3-11-27-18/h1-11,13,23H,(H,22,24). The van der Waals surface area contributed by atoms with Crippen molar-refractivity contribution in [2.24, 2.45) is 5.10 Å². The maximum atomic E-state index is 12.4. The van der Waals surface area contributed by atoms with Crippen molar-refractivity contribution in [1.82, 2.24) is 5.43 Å². The second kappa shape index (κ2) is 8.47. The lowest BCUT2D eigenvalue weighted by Crippen LogP contribution is -2.21. The molecule has 1 heterocycles. The van der Waals surface area contributed by atoms with Gasteiger partial charge in [0.1, 0.15) is 4.21 Å². The molecular formula is C19H14N4O3S2. The van der Waals surface area contributed by atoms with Crippen molar-refractivity contribution in [3.05, 3.63) is 82.7 Å². The second-order valence-electron chi connectivity index (χ2n) is 5.52. The molecule has 2 N–H and O–H groups in total. The van der Waals surface area contributed by atoms with Crippen molar-refractivity contribution in [1.29, 1.82) is 5.26 Å². The topological polar surface area (TPSA) is 111 Å². The van der Waals surface area contributed by atoms with E-state index < -0.39 is 15.9 Å². The Labute approximate surface area is 166 Å². The summed E-state index contributed by atoms with van der Waals surface area (Å²) < 4.78 is 27.4. The molecular weight excluding hydrogens is 396 g/mol. The molecule has 0 radical (unpaired) electrons. The Morgan fingerprint density at radius 2 is 1.82 bits per heavy atom. The quantitative estimate of drug-likeness (QED) is 0.480. The first-order chi connectivity index (χ1) is 13.5. The summed E-state index contributed by atoms with van der Waals surface area (Å²) in [5.41, 5.74) is 3.88. The lowest BCUT2D eigenvalue weighted by molar-refractivity contribution is 0.0956. The summed E-state index contributed by atoms with van der Waals surface area (Å²) in [4.78, 5) is 12.4. The van der Waals surface area contributed by atoms with Crippen LogP contribution in [-0.2, 0) is 10.0 Å². The fourth-order valence-corrected chi connectivity index (χ4v) is 4.32. The Kier molecular flexibility index (Phi) is 5.84. The highest BCUT2D eigenvalue weighted by Gasteiger charge is 2.19. The fraction of sp³-hybridized carbons (Fsp3) is 0. The van der Waals surface area contributed by atoms with Crippen LogP contribution in [0, 0.1) is 11.3 Å². The van der Waals surface area contributed by atoms with Crippen LogP contribution in [0.1, 0.15) is 21.5 Å². The van der Waals surface area contributed by atoms with Crippen molar-refractivity contribution in [2.45, 2.75) is 4.21 Å². The first-order valence-electron chi connectivity index (χ1n) is 7.98. The van der Waals surface area contributed by atoms with E-state index in [4.69, 9.17) is 5.26 Å². The maximum absolute atomic E-state index is 12.4. The Morgan fingerprint density at radius 3 is 2.50 bits per heavy atom. The molecule has 2 aromatic carbocycles. The van der Waals surface area contributed by atoms with Gasteiger partial charge in [-0.05, 0) is 41.3 Å². The number of thiophene rings is 1. The summed E-state index contributed by atoms with van der Waals surface area (Å²) in [5.74, 6) is -0.561. The number of hydrogen-bond acceptors (Lipinski definition) is 6. The third kappa shape index (κ3) is 4.62. The van der Waals surface area contributed by atoms with E-state index in [0.29, 0.717) is 11.1 Å². The summed E-state index contributed by atoms with van der Waals surface area (Å²) in [5, 5.41) is 14.3. The van der Waals surface area contributed by atoms with Gasteiger partial charge in [-0.3, -0.25) is 9.52 Å². The normalized spacial score (nSPS) is 11.1. The van der Waals surface area contributed by atoms with Gasteiger partial charge in [-0.1, -0.05) is 30.3 Å². The van der Waals surface area contributed by atoms with Crippen LogP contribution in [0.15, 0.2) is 75.4 Å². The maximum Gasteiger partial charge on any atom is 0.273 e. The van der Waals surface area contributed by atoms with Crippen molar-refractivity contribution in [3.8, 4) is 6.07 Å². The molecule has 0 bridgehead atoms. The van der Waals surface area contributed by atoms with Crippen molar-refractivity contribution in [3.63, 3.8) is 0 Å². The van der Waals surface area contributed by atoms with E-state index in [-0.39, 0.29) is 15.5 Å². The zero-order valence-electron chi connectivity index (χ0n) is 14.4. The molecule has 1 amide bonds. The molecule has 0 aliphatic rings. The zero-order valence-corrected chi connectivity index (χ0v) is 16.0. The fourth-order valence-electron chi connectivity index (χ4n) is 2.25. The molecule has 3 rings (SSSR count).